The molecule has 0 amide bonds. The highest BCUT2D eigenvalue weighted by atomic mass is 35.5. The van der Waals surface area contributed by atoms with Gasteiger partial charge in [-0.25, -0.2) is 9.07 Å². The number of halogens is 3. The van der Waals surface area contributed by atoms with Gasteiger partial charge in [0, 0.05) is 5.02 Å². The molecule has 0 saturated carbocycles. The van der Waals surface area contributed by atoms with Crippen molar-refractivity contribution in [2.24, 2.45) is 0 Å². The molecule has 1 N–H and O–H groups in total. The number of anilines is 1. The van der Waals surface area contributed by atoms with Crippen LogP contribution in [0.2, 0.25) is 10.0 Å². The fraction of sp³-hybridized carbons (Fsp3) is 0.211. The number of rotatable bonds is 8. The Morgan fingerprint density at radius 2 is 2.00 bits per heavy atom. The van der Waals surface area contributed by atoms with E-state index >= 15 is 0 Å². The molecule has 1 heterocycles. The Morgan fingerprint density at radius 1 is 1.25 bits per heavy atom. The van der Waals surface area contributed by atoms with E-state index in [1.54, 1.807) is 48.1 Å². The van der Waals surface area contributed by atoms with Crippen molar-refractivity contribution < 1.29 is 13.9 Å². The van der Waals surface area contributed by atoms with E-state index in [0.717, 1.165) is 5.56 Å². The molecule has 0 fully saturated rings. The number of aromatic nitrogens is 3. The third kappa shape index (κ3) is 5.43. The largest absolute Gasteiger partial charge is 0.481 e. The predicted octanol–water partition coefficient (Wildman–Crippen LogP) is 4.22. The maximum absolute atomic E-state index is 12.9. The molecule has 2 aromatic carbocycles. The van der Waals surface area contributed by atoms with E-state index in [4.69, 9.17) is 27.9 Å². The van der Waals surface area contributed by atoms with E-state index in [1.165, 1.54) is 12.1 Å². The summed E-state index contributed by atoms with van der Waals surface area (Å²) in [5.74, 6) is 0.364. The Hall–Kier alpha value is -2.64. The molecule has 3 rings (SSSR count). The van der Waals surface area contributed by atoms with E-state index in [-0.39, 0.29) is 18.1 Å². The van der Waals surface area contributed by atoms with Crippen molar-refractivity contribution in [3.05, 3.63) is 70.1 Å². The molecular formula is C19H17Cl2FN4O2. The molecule has 28 heavy (non-hydrogen) atoms. The summed E-state index contributed by atoms with van der Waals surface area (Å²) < 4.78 is 20.1. The first-order valence-electron chi connectivity index (χ1n) is 8.43. The Morgan fingerprint density at radius 3 is 2.71 bits per heavy atom. The summed E-state index contributed by atoms with van der Waals surface area (Å²) in [6.45, 7) is 2.10. The van der Waals surface area contributed by atoms with Gasteiger partial charge in [-0.2, -0.15) is 0 Å². The van der Waals surface area contributed by atoms with Gasteiger partial charge in [-0.1, -0.05) is 40.5 Å². The van der Waals surface area contributed by atoms with Crippen LogP contribution in [0.3, 0.4) is 0 Å². The standard InChI is InChI=1S/C19H17Cl2FN4O2/c1-12(28-18-7-4-14(20)8-16(18)21)17(27)9-23-19-11-26(25-24-19)10-13-2-5-15(22)6-3-13/h2-8,11-12,23H,9-10H2,1H3. The van der Waals surface area contributed by atoms with Gasteiger partial charge >= 0.3 is 0 Å². The quantitative estimate of drug-likeness (QED) is 0.588. The van der Waals surface area contributed by atoms with Crippen molar-refractivity contribution in [2.45, 2.75) is 19.6 Å². The Balaban J connectivity index is 1.51. The summed E-state index contributed by atoms with van der Waals surface area (Å²) >= 11 is 11.9. The van der Waals surface area contributed by atoms with Gasteiger partial charge in [0.2, 0.25) is 0 Å². The van der Waals surface area contributed by atoms with Gasteiger partial charge in [-0.05, 0) is 42.8 Å². The van der Waals surface area contributed by atoms with Crippen molar-refractivity contribution >= 4 is 34.8 Å². The number of hydrogen-bond acceptors (Lipinski definition) is 5. The maximum atomic E-state index is 12.9. The topological polar surface area (TPSA) is 69.0 Å². The molecular weight excluding hydrogens is 406 g/mol. The molecule has 1 unspecified atom stereocenters. The van der Waals surface area contributed by atoms with Crippen LogP contribution in [0.5, 0.6) is 5.75 Å². The minimum Gasteiger partial charge on any atom is -0.481 e. The first-order valence-corrected chi connectivity index (χ1v) is 9.19. The first-order chi connectivity index (χ1) is 13.4. The zero-order valence-electron chi connectivity index (χ0n) is 14.9. The van der Waals surface area contributed by atoms with E-state index in [9.17, 15) is 9.18 Å². The molecule has 0 aliphatic heterocycles. The van der Waals surface area contributed by atoms with Crippen molar-refractivity contribution in [3.8, 4) is 5.75 Å². The van der Waals surface area contributed by atoms with Crippen molar-refractivity contribution in [3.63, 3.8) is 0 Å². The fourth-order valence-electron chi connectivity index (χ4n) is 2.38. The summed E-state index contributed by atoms with van der Waals surface area (Å²) in [7, 11) is 0. The van der Waals surface area contributed by atoms with E-state index in [0.29, 0.717) is 28.2 Å². The normalized spacial score (nSPS) is 11.9. The van der Waals surface area contributed by atoms with Crippen LogP contribution in [0.15, 0.2) is 48.7 Å². The molecule has 3 aromatic rings. The Kier molecular flexibility index (Phi) is 6.49. The smallest absolute Gasteiger partial charge is 0.191 e. The highest BCUT2D eigenvalue weighted by molar-refractivity contribution is 6.35. The van der Waals surface area contributed by atoms with Gasteiger partial charge in [0.05, 0.1) is 24.3 Å². The van der Waals surface area contributed by atoms with Crippen molar-refractivity contribution in [1.82, 2.24) is 15.0 Å². The third-order valence-electron chi connectivity index (χ3n) is 3.89. The first kappa shape index (κ1) is 20.1. The highest BCUT2D eigenvalue weighted by Crippen LogP contribution is 2.28. The summed E-state index contributed by atoms with van der Waals surface area (Å²) in [6, 6.07) is 10.9. The predicted molar refractivity (Wildman–Crippen MR) is 106 cm³/mol. The van der Waals surface area contributed by atoms with E-state index in [2.05, 4.69) is 15.6 Å². The van der Waals surface area contributed by atoms with Crippen LogP contribution < -0.4 is 10.1 Å². The second-order valence-electron chi connectivity index (χ2n) is 6.08. The molecule has 0 spiro atoms. The third-order valence-corrected chi connectivity index (χ3v) is 4.42. The van der Waals surface area contributed by atoms with Crippen LogP contribution in [0, 0.1) is 5.82 Å². The molecule has 0 bridgehead atoms. The number of carbonyl (C=O) groups excluding carboxylic acids is 1. The Labute approximate surface area is 171 Å². The number of Topliss-reactive ketones (excluding diaryl/α,β-unsaturated/α-hetero) is 1. The molecule has 0 saturated heterocycles. The number of benzene rings is 2. The van der Waals surface area contributed by atoms with Gasteiger partial charge < -0.3 is 10.1 Å². The van der Waals surface area contributed by atoms with Crippen LogP contribution >= 0.6 is 23.2 Å². The summed E-state index contributed by atoms with van der Waals surface area (Å²) in [6.07, 6.45) is 0.957. The SMILES string of the molecule is CC(Oc1ccc(Cl)cc1Cl)C(=O)CNc1cn(Cc2ccc(F)cc2)nn1. The lowest BCUT2D eigenvalue weighted by Crippen LogP contribution is -2.30. The zero-order valence-corrected chi connectivity index (χ0v) is 16.4. The van der Waals surface area contributed by atoms with E-state index < -0.39 is 6.10 Å². The molecule has 1 atom stereocenters. The van der Waals surface area contributed by atoms with Gasteiger partial charge in [-0.3, -0.25) is 4.79 Å². The van der Waals surface area contributed by atoms with Crippen LogP contribution in [-0.2, 0) is 11.3 Å². The minimum absolute atomic E-state index is 0.0155. The average molecular weight is 423 g/mol. The molecule has 0 radical (unpaired) electrons. The summed E-state index contributed by atoms with van der Waals surface area (Å²) in [4.78, 5) is 12.3. The van der Waals surface area contributed by atoms with Crippen LogP contribution in [-0.4, -0.2) is 33.4 Å². The lowest BCUT2D eigenvalue weighted by atomic mass is 10.2. The molecule has 6 nitrogen and oxygen atoms in total. The van der Waals surface area contributed by atoms with Crippen LogP contribution in [0.4, 0.5) is 10.2 Å². The Bertz CT molecular complexity index is 963. The maximum Gasteiger partial charge on any atom is 0.191 e. The van der Waals surface area contributed by atoms with Gasteiger partial charge in [0.25, 0.3) is 0 Å². The summed E-state index contributed by atoms with van der Waals surface area (Å²) in [5, 5.41) is 11.7. The second kappa shape index (κ2) is 9.03. The highest BCUT2D eigenvalue weighted by Gasteiger charge is 2.16. The van der Waals surface area contributed by atoms with Crippen molar-refractivity contribution in [1.29, 1.82) is 0 Å². The van der Waals surface area contributed by atoms with Gasteiger partial charge in [-0.15, -0.1) is 5.10 Å². The number of carbonyl (C=O) groups is 1. The molecule has 0 aliphatic rings. The van der Waals surface area contributed by atoms with Gasteiger partial charge in [0.1, 0.15) is 11.6 Å². The van der Waals surface area contributed by atoms with Crippen LogP contribution in [0.1, 0.15) is 12.5 Å². The number of ether oxygens (including phenoxy) is 1. The van der Waals surface area contributed by atoms with E-state index in [1.807, 2.05) is 0 Å². The molecule has 1 aromatic heterocycles. The molecule has 9 heteroatoms. The monoisotopic (exact) mass is 422 g/mol. The number of nitrogens with one attached hydrogen (secondary N) is 1. The van der Waals surface area contributed by atoms with Crippen LogP contribution in [0.25, 0.3) is 0 Å². The number of nitrogens with zero attached hydrogens (tertiary/aromatic N) is 3. The van der Waals surface area contributed by atoms with Gasteiger partial charge in [0.15, 0.2) is 17.7 Å². The second-order valence-corrected chi connectivity index (χ2v) is 6.93. The number of ketones is 1. The zero-order chi connectivity index (χ0) is 20.1. The average Bonchev–Trinajstić information content (AvgIpc) is 3.11. The lowest BCUT2D eigenvalue weighted by Gasteiger charge is -2.15. The minimum atomic E-state index is -0.708. The molecule has 146 valence electrons. The number of hydrogen-bond donors (Lipinski definition) is 1. The van der Waals surface area contributed by atoms with Crippen molar-refractivity contribution in [2.75, 3.05) is 11.9 Å². The molecule has 0 aliphatic carbocycles. The fourth-order valence-corrected chi connectivity index (χ4v) is 2.83. The summed E-state index contributed by atoms with van der Waals surface area (Å²) in [5.41, 5.74) is 0.885. The lowest BCUT2D eigenvalue weighted by molar-refractivity contribution is -0.123.